The lowest BCUT2D eigenvalue weighted by Crippen LogP contribution is -2.54. The molecule has 0 aromatic heterocycles. The molecule has 47 heavy (non-hydrogen) atoms. The van der Waals surface area contributed by atoms with E-state index in [1.807, 2.05) is 5.43 Å². The monoisotopic (exact) mass is 697 g/mol. The Bertz CT molecular complexity index is 1830. The maximum absolute atomic E-state index is 13.2. The number of anilines is 1. The predicted octanol–water partition coefficient (Wildman–Crippen LogP) is 5.20. The number of ether oxygens (including phenoxy) is 2. The molecule has 0 fully saturated rings. The molecule has 0 saturated heterocycles. The summed E-state index contributed by atoms with van der Waals surface area (Å²) in [6.07, 6.45) is -4.72. The van der Waals surface area contributed by atoms with E-state index in [1.165, 1.54) is 84.9 Å². The van der Waals surface area contributed by atoms with Gasteiger partial charge in [-0.25, -0.2) is 14.4 Å². The van der Waals surface area contributed by atoms with Crippen LogP contribution in [-0.2, 0) is 19.1 Å². The quantitative estimate of drug-likeness (QED) is 0.128. The van der Waals surface area contributed by atoms with Crippen molar-refractivity contribution in [3.63, 3.8) is 0 Å². The highest BCUT2D eigenvalue weighted by Gasteiger charge is 2.41. The Labute approximate surface area is 281 Å². The van der Waals surface area contributed by atoms with Gasteiger partial charge < -0.3 is 19.9 Å². The summed E-state index contributed by atoms with van der Waals surface area (Å²) in [7, 11) is 0. The van der Waals surface area contributed by atoms with Crippen LogP contribution in [0.3, 0.4) is 0 Å². The van der Waals surface area contributed by atoms with Gasteiger partial charge in [0, 0.05) is 21.8 Å². The number of hydrazine groups is 1. The van der Waals surface area contributed by atoms with Gasteiger partial charge in [-0.1, -0.05) is 59.1 Å². The highest BCUT2D eigenvalue weighted by molar-refractivity contribution is 6.34. The van der Waals surface area contributed by atoms with Crippen molar-refractivity contribution in [3.8, 4) is 0 Å². The summed E-state index contributed by atoms with van der Waals surface area (Å²) >= 11 is 17.9. The standard InChI is InChI=1S/C32H22Cl3N3O9/c33-19-13-9-17(10-14-19)27(39)36-20-15-11-18(12-16-20)28(40)37-38-29(41)25(46-31(44)21-5-1-3-7-23(21)34)26(30(42)43)47-32(45)22-6-2-4-8-24(22)35/h1-16,25-26H,(H,36,39)(H,37,40)(H,38,41)(H,42,43)/t25-,26+/m1/s1. The van der Waals surface area contributed by atoms with Crippen molar-refractivity contribution >= 4 is 76.1 Å². The first-order valence-corrected chi connectivity index (χ1v) is 14.5. The molecule has 0 bridgehead atoms. The van der Waals surface area contributed by atoms with Crippen LogP contribution in [0.25, 0.3) is 0 Å². The average molecular weight is 699 g/mol. The van der Waals surface area contributed by atoms with Gasteiger partial charge in [0.05, 0.1) is 21.2 Å². The molecule has 0 spiro atoms. The second-order valence-corrected chi connectivity index (χ2v) is 10.7. The van der Waals surface area contributed by atoms with Crippen molar-refractivity contribution in [2.24, 2.45) is 0 Å². The fourth-order valence-corrected chi connectivity index (χ4v) is 4.43. The number of benzene rings is 4. The van der Waals surface area contributed by atoms with Crippen LogP contribution in [0.4, 0.5) is 5.69 Å². The lowest BCUT2D eigenvalue weighted by molar-refractivity contribution is -0.159. The van der Waals surface area contributed by atoms with E-state index in [-0.39, 0.29) is 26.7 Å². The summed E-state index contributed by atoms with van der Waals surface area (Å²) in [5.41, 5.74) is 4.31. The van der Waals surface area contributed by atoms with E-state index in [2.05, 4.69) is 10.7 Å². The molecule has 0 aliphatic heterocycles. The third-order valence-electron chi connectivity index (χ3n) is 6.24. The lowest BCUT2D eigenvalue weighted by Gasteiger charge is -2.24. The number of esters is 2. The minimum absolute atomic E-state index is 0.0133. The Morgan fingerprint density at radius 1 is 0.574 bits per heavy atom. The zero-order valence-electron chi connectivity index (χ0n) is 23.7. The Hall–Kier alpha value is -5.43. The van der Waals surface area contributed by atoms with Gasteiger partial charge in [-0.05, 0) is 72.8 Å². The number of aliphatic carboxylic acids is 1. The van der Waals surface area contributed by atoms with Gasteiger partial charge >= 0.3 is 17.9 Å². The van der Waals surface area contributed by atoms with Crippen molar-refractivity contribution in [3.05, 3.63) is 134 Å². The van der Waals surface area contributed by atoms with Crippen molar-refractivity contribution in [2.45, 2.75) is 12.2 Å². The molecule has 12 nitrogen and oxygen atoms in total. The van der Waals surface area contributed by atoms with Gasteiger partial charge in [0.25, 0.3) is 17.7 Å². The number of amides is 3. The largest absolute Gasteiger partial charge is 0.478 e. The summed E-state index contributed by atoms with van der Waals surface area (Å²) in [6.45, 7) is 0. The minimum atomic E-state index is -2.40. The van der Waals surface area contributed by atoms with E-state index in [0.717, 1.165) is 0 Å². The van der Waals surface area contributed by atoms with E-state index < -0.39 is 47.8 Å². The molecule has 0 saturated carbocycles. The number of hydrogen-bond acceptors (Lipinski definition) is 8. The Morgan fingerprint density at radius 2 is 1.04 bits per heavy atom. The SMILES string of the molecule is O=C(NNC(=O)[C@H](OC(=O)c1ccccc1Cl)[C@H](OC(=O)c1ccccc1Cl)C(=O)O)c1ccc(NC(=O)c2ccc(Cl)cc2)cc1. The van der Waals surface area contributed by atoms with Crippen molar-refractivity contribution in [1.29, 1.82) is 0 Å². The first-order valence-electron chi connectivity index (χ1n) is 13.4. The topological polar surface area (TPSA) is 177 Å². The molecule has 15 heteroatoms. The van der Waals surface area contributed by atoms with Crippen LogP contribution in [0.2, 0.25) is 15.1 Å². The van der Waals surface area contributed by atoms with E-state index in [0.29, 0.717) is 16.3 Å². The second-order valence-electron chi connectivity index (χ2n) is 9.43. The molecule has 0 aliphatic rings. The fourth-order valence-electron chi connectivity index (χ4n) is 3.88. The molecule has 0 heterocycles. The molecule has 4 aromatic carbocycles. The zero-order valence-corrected chi connectivity index (χ0v) is 26.0. The Morgan fingerprint density at radius 3 is 1.55 bits per heavy atom. The van der Waals surface area contributed by atoms with Gasteiger partial charge in [-0.2, -0.15) is 0 Å². The van der Waals surface area contributed by atoms with Gasteiger partial charge in [0.2, 0.25) is 12.2 Å². The number of nitrogens with one attached hydrogen (secondary N) is 3. The average Bonchev–Trinajstić information content (AvgIpc) is 3.05. The molecule has 0 aliphatic carbocycles. The maximum atomic E-state index is 13.2. The minimum Gasteiger partial charge on any atom is -0.478 e. The highest BCUT2D eigenvalue weighted by Crippen LogP contribution is 2.21. The predicted molar refractivity (Wildman–Crippen MR) is 170 cm³/mol. The van der Waals surface area contributed by atoms with Gasteiger partial charge in [0.1, 0.15) is 0 Å². The molecule has 240 valence electrons. The number of rotatable bonds is 10. The summed E-state index contributed by atoms with van der Waals surface area (Å²) in [5.74, 6) is -6.98. The molecule has 2 atom stereocenters. The summed E-state index contributed by atoms with van der Waals surface area (Å²) in [6, 6.07) is 22.8. The third kappa shape index (κ3) is 9.07. The number of carbonyl (C=O) groups excluding carboxylic acids is 5. The molecule has 4 aromatic rings. The van der Waals surface area contributed by atoms with Crippen molar-refractivity contribution in [2.75, 3.05) is 5.32 Å². The normalized spacial score (nSPS) is 11.7. The van der Waals surface area contributed by atoms with E-state index in [1.54, 1.807) is 12.1 Å². The molecule has 0 unspecified atom stereocenters. The first kappa shape index (κ1) is 34.4. The Balaban J connectivity index is 1.48. The lowest BCUT2D eigenvalue weighted by atomic mass is 10.1. The van der Waals surface area contributed by atoms with Crippen LogP contribution in [0.1, 0.15) is 41.4 Å². The maximum Gasteiger partial charge on any atom is 0.349 e. The van der Waals surface area contributed by atoms with Gasteiger partial charge in [-0.15, -0.1) is 0 Å². The van der Waals surface area contributed by atoms with Crippen molar-refractivity contribution in [1.82, 2.24) is 10.9 Å². The van der Waals surface area contributed by atoms with Crippen molar-refractivity contribution < 1.29 is 43.3 Å². The van der Waals surface area contributed by atoms with Gasteiger partial charge in [0.15, 0.2) is 0 Å². The third-order valence-corrected chi connectivity index (χ3v) is 7.15. The number of halogens is 3. The van der Waals surface area contributed by atoms with Crippen LogP contribution in [0.5, 0.6) is 0 Å². The molecule has 4 rings (SSSR count). The van der Waals surface area contributed by atoms with E-state index >= 15 is 0 Å². The van der Waals surface area contributed by atoms with Crippen LogP contribution in [-0.4, -0.2) is 52.9 Å². The first-order chi connectivity index (χ1) is 22.4. The second kappa shape index (κ2) is 15.7. The van der Waals surface area contributed by atoms with E-state index in [9.17, 15) is 33.9 Å². The molecular weight excluding hydrogens is 677 g/mol. The van der Waals surface area contributed by atoms with Crippen LogP contribution < -0.4 is 16.2 Å². The molecule has 4 N–H and O–H groups in total. The van der Waals surface area contributed by atoms with Gasteiger partial charge in [-0.3, -0.25) is 25.2 Å². The number of hydrogen-bond donors (Lipinski definition) is 4. The van der Waals surface area contributed by atoms with Crippen LogP contribution in [0, 0.1) is 0 Å². The van der Waals surface area contributed by atoms with E-state index in [4.69, 9.17) is 44.3 Å². The molecule has 3 amide bonds. The molecule has 0 radical (unpaired) electrons. The molecular formula is C32H22Cl3N3O9. The number of carboxylic acids is 1. The Kier molecular flexibility index (Phi) is 11.5. The number of carbonyl (C=O) groups is 6. The van der Waals surface area contributed by atoms with Crippen LogP contribution >= 0.6 is 34.8 Å². The van der Waals surface area contributed by atoms with Crippen LogP contribution in [0.15, 0.2) is 97.1 Å². The highest BCUT2D eigenvalue weighted by atomic mass is 35.5. The summed E-state index contributed by atoms with van der Waals surface area (Å²) in [4.78, 5) is 76.4. The summed E-state index contributed by atoms with van der Waals surface area (Å²) in [5, 5.41) is 12.9. The fraction of sp³-hybridized carbons (Fsp3) is 0.0625. The summed E-state index contributed by atoms with van der Waals surface area (Å²) < 4.78 is 10.2. The zero-order chi connectivity index (χ0) is 34.1. The smallest absolute Gasteiger partial charge is 0.349 e. The number of carboxylic acid groups (broad SMARTS) is 1.